The van der Waals surface area contributed by atoms with Gasteiger partial charge in [-0.15, -0.1) is 0 Å². The van der Waals surface area contributed by atoms with Crippen molar-refractivity contribution < 1.29 is 3.53 Å². The minimum absolute atomic E-state index is 0.467. The third-order valence-corrected chi connectivity index (χ3v) is 7.15. The summed E-state index contributed by atoms with van der Waals surface area (Å²) >= 11 is -1.18. The average Bonchev–Trinajstić information content (AvgIpc) is 1.82. The molecule has 0 aromatic rings. The van der Waals surface area contributed by atoms with Crippen molar-refractivity contribution in [2.45, 2.75) is 43.7 Å². The van der Waals surface area contributed by atoms with Crippen LogP contribution in [0.3, 0.4) is 0 Å². The molecule has 0 N–H and O–H groups in total. The van der Waals surface area contributed by atoms with Crippen LogP contribution in [-0.2, 0) is 3.53 Å². The SMILES string of the molecule is C[CH2][Ga]([CH2]C)[O]C(C)C. The van der Waals surface area contributed by atoms with Crippen LogP contribution in [0.2, 0.25) is 9.95 Å². The van der Waals surface area contributed by atoms with Gasteiger partial charge >= 0.3 is 63.9 Å². The van der Waals surface area contributed by atoms with Crippen LogP contribution in [-0.4, -0.2) is 22.7 Å². The van der Waals surface area contributed by atoms with Crippen molar-refractivity contribution in [3.05, 3.63) is 0 Å². The predicted molar refractivity (Wildman–Crippen MR) is 42.9 cm³/mol. The molecule has 0 aromatic carbocycles. The Morgan fingerprint density at radius 1 is 1.22 bits per heavy atom. The van der Waals surface area contributed by atoms with Gasteiger partial charge in [-0.2, -0.15) is 0 Å². The molecule has 2 heteroatoms. The van der Waals surface area contributed by atoms with Crippen molar-refractivity contribution in [1.29, 1.82) is 0 Å². The second-order valence-corrected chi connectivity index (χ2v) is 9.23. The zero-order valence-electron chi connectivity index (χ0n) is 6.98. The van der Waals surface area contributed by atoms with Gasteiger partial charge < -0.3 is 0 Å². The quantitative estimate of drug-likeness (QED) is 0.614. The predicted octanol–water partition coefficient (Wildman–Crippen LogP) is 2.44. The zero-order valence-corrected chi connectivity index (χ0v) is 9.40. The number of rotatable bonds is 4. The Labute approximate surface area is 64.2 Å². The van der Waals surface area contributed by atoms with E-state index in [4.69, 9.17) is 3.53 Å². The molecule has 0 spiro atoms. The molecule has 0 unspecified atom stereocenters. The molecule has 0 bridgehead atoms. The molecule has 0 heterocycles. The first-order chi connectivity index (χ1) is 4.20. The fourth-order valence-electron chi connectivity index (χ4n) is 0.866. The third-order valence-electron chi connectivity index (χ3n) is 1.38. The first kappa shape index (κ1) is 9.60. The molecule has 54 valence electrons. The van der Waals surface area contributed by atoms with Gasteiger partial charge in [0.1, 0.15) is 0 Å². The summed E-state index contributed by atoms with van der Waals surface area (Å²) in [4.78, 5) is 2.64. The zero-order chi connectivity index (χ0) is 7.28. The van der Waals surface area contributed by atoms with Gasteiger partial charge in [-0.1, -0.05) is 0 Å². The van der Waals surface area contributed by atoms with Gasteiger partial charge in [-0.25, -0.2) is 0 Å². The Balaban J connectivity index is 3.31. The van der Waals surface area contributed by atoms with Gasteiger partial charge in [-0.3, -0.25) is 0 Å². The molecule has 0 fully saturated rings. The van der Waals surface area contributed by atoms with Crippen LogP contribution in [0, 0.1) is 0 Å². The van der Waals surface area contributed by atoms with E-state index in [0.717, 1.165) is 0 Å². The third kappa shape index (κ3) is 5.06. The summed E-state index contributed by atoms with van der Waals surface area (Å²) in [6, 6.07) is 0. The summed E-state index contributed by atoms with van der Waals surface area (Å²) in [5, 5.41) is 0. The molecule has 0 saturated heterocycles. The van der Waals surface area contributed by atoms with Gasteiger partial charge in [0, 0.05) is 0 Å². The molecule has 9 heavy (non-hydrogen) atoms. The summed E-state index contributed by atoms with van der Waals surface area (Å²) in [6.07, 6.45) is 0.467. The number of hydrogen-bond donors (Lipinski definition) is 0. The fourth-order valence-corrected chi connectivity index (χ4v) is 4.50. The van der Waals surface area contributed by atoms with Crippen LogP contribution >= 0.6 is 0 Å². The maximum atomic E-state index is 5.74. The molecule has 0 atom stereocenters. The van der Waals surface area contributed by atoms with Crippen molar-refractivity contribution in [1.82, 2.24) is 0 Å². The van der Waals surface area contributed by atoms with Crippen molar-refractivity contribution in [3.8, 4) is 0 Å². The standard InChI is InChI=1S/C3H7O.2C2H5.Ga/c1-3(2)4;2*1-2;/h3H,1-2H3;2*1H2,2H3;/q-1;;;+1. The second kappa shape index (κ2) is 5.39. The molecule has 0 rings (SSSR count). The van der Waals surface area contributed by atoms with Gasteiger partial charge in [0.05, 0.1) is 0 Å². The monoisotopic (exact) mass is 186 g/mol. The van der Waals surface area contributed by atoms with E-state index in [-0.39, 0.29) is 0 Å². The Kier molecular flexibility index (Phi) is 5.74. The van der Waals surface area contributed by atoms with Crippen LogP contribution < -0.4 is 0 Å². The summed E-state index contributed by atoms with van der Waals surface area (Å²) in [7, 11) is 0. The molecule has 0 radical (unpaired) electrons. The first-order valence-electron chi connectivity index (χ1n) is 3.86. The molecule has 0 aromatic heterocycles. The average molecular weight is 187 g/mol. The van der Waals surface area contributed by atoms with E-state index in [1.165, 1.54) is 9.95 Å². The van der Waals surface area contributed by atoms with Crippen LogP contribution in [0.25, 0.3) is 0 Å². The van der Waals surface area contributed by atoms with Gasteiger partial charge in [0.2, 0.25) is 0 Å². The summed E-state index contributed by atoms with van der Waals surface area (Å²) in [5.74, 6) is 0. The Morgan fingerprint density at radius 3 is 1.78 bits per heavy atom. The van der Waals surface area contributed by atoms with E-state index in [0.29, 0.717) is 6.10 Å². The molecule has 0 aliphatic carbocycles. The molecule has 0 saturated carbocycles. The van der Waals surface area contributed by atoms with E-state index < -0.39 is 16.6 Å². The van der Waals surface area contributed by atoms with Crippen LogP contribution in [0.4, 0.5) is 0 Å². The molecular formula is C7H17GaO. The van der Waals surface area contributed by atoms with Crippen LogP contribution in [0.5, 0.6) is 0 Å². The van der Waals surface area contributed by atoms with Gasteiger partial charge in [-0.05, 0) is 0 Å². The number of hydrogen-bond acceptors (Lipinski definition) is 1. The van der Waals surface area contributed by atoms with Crippen LogP contribution in [0.15, 0.2) is 0 Å². The summed E-state index contributed by atoms with van der Waals surface area (Å²) in [6.45, 7) is 8.75. The molecule has 0 amide bonds. The molecular weight excluding hydrogens is 170 g/mol. The molecule has 1 nitrogen and oxygen atoms in total. The van der Waals surface area contributed by atoms with Crippen molar-refractivity contribution in [2.75, 3.05) is 0 Å². The minimum atomic E-state index is -1.18. The summed E-state index contributed by atoms with van der Waals surface area (Å²) < 4.78 is 5.74. The van der Waals surface area contributed by atoms with E-state index in [9.17, 15) is 0 Å². The van der Waals surface area contributed by atoms with Crippen molar-refractivity contribution in [2.24, 2.45) is 0 Å². The van der Waals surface area contributed by atoms with Crippen LogP contribution in [0.1, 0.15) is 27.7 Å². The van der Waals surface area contributed by atoms with E-state index in [2.05, 4.69) is 27.7 Å². The maximum absolute atomic E-state index is 5.74. The Bertz CT molecular complexity index is 59.9. The molecule has 0 aliphatic rings. The topological polar surface area (TPSA) is 9.23 Å². The normalized spacial score (nSPS) is 10.3. The fraction of sp³-hybridized carbons (Fsp3) is 1.00. The van der Waals surface area contributed by atoms with Gasteiger partial charge in [0.15, 0.2) is 0 Å². The molecule has 0 aliphatic heterocycles. The van der Waals surface area contributed by atoms with E-state index in [1.807, 2.05) is 0 Å². The van der Waals surface area contributed by atoms with Gasteiger partial charge in [0.25, 0.3) is 0 Å². The van der Waals surface area contributed by atoms with E-state index in [1.54, 1.807) is 0 Å². The summed E-state index contributed by atoms with van der Waals surface area (Å²) in [5.41, 5.74) is 0. The van der Waals surface area contributed by atoms with Crippen molar-refractivity contribution in [3.63, 3.8) is 0 Å². The first-order valence-corrected chi connectivity index (χ1v) is 8.27. The van der Waals surface area contributed by atoms with Crippen molar-refractivity contribution >= 4 is 16.6 Å². The second-order valence-electron chi connectivity index (χ2n) is 2.62. The van der Waals surface area contributed by atoms with E-state index >= 15 is 0 Å². The Morgan fingerprint density at radius 2 is 1.67 bits per heavy atom. The Hall–Kier alpha value is 0.596.